The molecule has 90 valence electrons. The first-order valence-corrected chi connectivity index (χ1v) is 5.81. The van der Waals surface area contributed by atoms with Crippen molar-refractivity contribution < 1.29 is 14.2 Å². The molecule has 2 nitrogen and oxygen atoms in total. The normalized spacial score (nSPS) is 14.0. The number of hydrogen-bond acceptors (Lipinski definition) is 2. The van der Waals surface area contributed by atoms with Crippen LogP contribution in [0.25, 0.3) is 0 Å². The Kier molecular flexibility index (Phi) is 4.00. The van der Waals surface area contributed by atoms with Crippen LogP contribution in [0.15, 0.2) is 18.2 Å². The van der Waals surface area contributed by atoms with Gasteiger partial charge in [0.2, 0.25) is 0 Å². The Bertz CT molecular complexity index is 441. The van der Waals surface area contributed by atoms with E-state index in [0.717, 1.165) is 0 Å². The number of hydrogen-bond donors (Lipinski definition) is 1. The second-order valence-electron chi connectivity index (χ2n) is 4.17. The van der Waals surface area contributed by atoms with Crippen molar-refractivity contribution in [1.29, 1.82) is 0 Å². The van der Waals surface area contributed by atoms with Crippen molar-refractivity contribution in [2.24, 2.45) is 5.92 Å². The molecule has 0 radical (unpaired) electrons. The first-order chi connectivity index (χ1) is 8.29. The molecule has 0 unspecified atom stereocenters. The van der Waals surface area contributed by atoms with Crippen LogP contribution in [-0.4, -0.2) is 18.3 Å². The molecule has 1 N–H and O–H groups in total. The topological polar surface area (TPSA) is 29.5 Å². The van der Waals surface area contributed by atoms with E-state index in [1.165, 1.54) is 25.0 Å². The molecule has 2 rings (SSSR count). The van der Waals surface area contributed by atoms with E-state index in [0.29, 0.717) is 30.3 Å². The second kappa shape index (κ2) is 5.70. The quantitative estimate of drug-likeness (QED) is 0.810. The van der Waals surface area contributed by atoms with Crippen LogP contribution >= 0.6 is 0 Å². The number of benzene rings is 1. The number of ether oxygens (including phenoxy) is 1. The van der Waals surface area contributed by atoms with Crippen molar-refractivity contribution in [3.05, 3.63) is 29.6 Å². The molecule has 0 amide bonds. The fraction of sp³-hybridized carbons (Fsp3) is 0.429. The first kappa shape index (κ1) is 11.9. The standard InChI is InChI=1S/C14H15FO2/c15-13-7-6-12(3-1-2-8-16)14(9-13)17-10-11-4-5-11/h6-7,9,11,16H,2,4-5,8,10H2. The second-order valence-corrected chi connectivity index (χ2v) is 4.17. The Labute approximate surface area is 100 Å². The molecule has 0 spiro atoms. The van der Waals surface area contributed by atoms with Gasteiger partial charge in [-0.1, -0.05) is 11.8 Å². The lowest BCUT2D eigenvalue weighted by Gasteiger charge is -2.07. The van der Waals surface area contributed by atoms with E-state index < -0.39 is 0 Å². The van der Waals surface area contributed by atoms with E-state index in [4.69, 9.17) is 9.84 Å². The van der Waals surface area contributed by atoms with Gasteiger partial charge in [-0.05, 0) is 30.9 Å². The molecule has 1 aliphatic rings. The molecule has 1 saturated carbocycles. The summed E-state index contributed by atoms with van der Waals surface area (Å²) in [4.78, 5) is 0. The zero-order valence-corrected chi connectivity index (χ0v) is 9.58. The summed E-state index contributed by atoms with van der Waals surface area (Å²) in [7, 11) is 0. The highest BCUT2D eigenvalue weighted by atomic mass is 19.1. The van der Waals surface area contributed by atoms with Crippen molar-refractivity contribution in [2.45, 2.75) is 19.3 Å². The highest BCUT2D eigenvalue weighted by Gasteiger charge is 2.22. The maximum Gasteiger partial charge on any atom is 0.137 e. The molecule has 1 aromatic carbocycles. The predicted molar refractivity (Wildman–Crippen MR) is 63.2 cm³/mol. The molecule has 0 aliphatic heterocycles. The third kappa shape index (κ3) is 3.76. The highest BCUT2D eigenvalue weighted by Crippen LogP contribution is 2.30. The van der Waals surface area contributed by atoms with E-state index >= 15 is 0 Å². The van der Waals surface area contributed by atoms with Crippen LogP contribution in [0.4, 0.5) is 4.39 Å². The Balaban J connectivity index is 2.09. The first-order valence-electron chi connectivity index (χ1n) is 5.81. The monoisotopic (exact) mass is 234 g/mol. The summed E-state index contributed by atoms with van der Waals surface area (Å²) in [6, 6.07) is 4.35. The molecule has 0 heterocycles. The molecule has 1 fully saturated rings. The van der Waals surface area contributed by atoms with E-state index in [-0.39, 0.29) is 12.4 Å². The minimum atomic E-state index is -0.316. The van der Waals surface area contributed by atoms with Crippen LogP contribution in [0.1, 0.15) is 24.8 Å². The predicted octanol–water partition coefficient (Wildman–Crippen LogP) is 2.35. The third-order valence-electron chi connectivity index (χ3n) is 2.57. The van der Waals surface area contributed by atoms with Crippen molar-refractivity contribution in [3.8, 4) is 17.6 Å². The Morgan fingerprint density at radius 1 is 1.41 bits per heavy atom. The van der Waals surface area contributed by atoms with Gasteiger partial charge < -0.3 is 9.84 Å². The van der Waals surface area contributed by atoms with Gasteiger partial charge in [-0.15, -0.1) is 0 Å². The fourth-order valence-electron chi connectivity index (χ4n) is 1.42. The zero-order valence-electron chi connectivity index (χ0n) is 9.58. The molecule has 0 saturated heterocycles. The van der Waals surface area contributed by atoms with E-state index in [9.17, 15) is 4.39 Å². The highest BCUT2D eigenvalue weighted by molar-refractivity contribution is 5.46. The minimum Gasteiger partial charge on any atom is -0.492 e. The Morgan fingerprint density at radius 3 is 2.94 bits per heavy atom. The molecule has 1 aromatic rings. The Morgan fingerprint density at radius 2 is 2.24 bits per heavy atom. The summed E-state index contributed by atoms with van der Waals surface area (Å²) in [5.41, 5.74) is 0.681. The van der Waals surface area contributed by atoms with Crippen molar-refractivity contribution in [1.82, 2.24) is 0 Å². The molecule has 0 atom stereocenters. The smallest absolute Gasteiger partial charge is 0.137 e. The van der Waals surface area contributed by atoms with Gasteiger partial charge in [-0.2, -0.15) is 0 Å². The van der Waals surface area contributed by atoms with Crippen molar-refractivity contribution in [3.63, 3.8) is 0 Å². The Hall–Kier alpha value is -1.53. The van der Waals surface area contributed by atoms with Crippen molar-refractivity contribution in [2.75, 3.05) is 13.2 Å². The number of aliphatic hydroxyl groups excluding tert-OH is 1. The summed E-state index contributed by atoms with van der Waals surface area (Å²) in [5, 5.41) is 8.65. The summed E-state index contributed by atoms with van der Waals surface area (Å²) < 4.78 is 18.7. The van der Waals surface area contributed by atoms with Gasteiger partial charge in [0.15, 0.2) is 0 Å². The van der Waals surface area contributed by atoms with Gasteiger partial charge in [-0.25, -0.2) is 4.39 Å². The number of halogens is 1. The van der Waals surface area contributed by atoms with Gasteiger partial charge >= 0.3 is 0 Å². The number of rotatable bonds is 4. The molecular weight excluding hydrogens is 219 g/mol. The summed E-state index contributed by atoms with van der Waals surface area (Å²) in [6.45, 7) is 0.671. The van der Waals surface area contributed by atoms with Crippen LogP contribution in [0.5, 0.6) is 5.75 Å². The molecule has 17 heavy (non-hydrogen) atoms. The third-order valence-corrected chi connectivity index (χ3v) is 2.57. The largest absolute Gasteiger partial charge is 0.492 e. The average molecular weight is 234 g/mol. The SMILES string of the molecule is OCCC#Cc1ccc(F)cc1OCC1CC1. The lowest BCUT2D eigenvalue weighted by molar-refractivity contribution is 0.297. The van der Waals surface area contributed by atoms with Crippen LogP contribution in [0.2, 0.25) is 0 Å². The van der Waals surface area contributed by atoms with Crippen LogP contribution < -0.4 is 4.74 Å². The molecule has 1 aliphatic carbocycles. The molecule has 0 aromatic heterocycles. The molecule has 3 heteroatoms. The fourth-order valence-corrected chi connectivity index (χ4v) is 1.42. The van der Waals surface area contributed by atoms with E-state index in [2.05, 4.69) is 11.8 Å². The van der Waals surface area contributed by atoms with Gasteiger partial charge in [0.1, 0.15) is 11.6 Å². The van der Waals surface area contributed by atoms with Gasteiger partial charge in [-0.3, -0.25) is 0 Å². The van der Waals surface area contributed by atoms with Gasteiger partial charge in [0, 0.05) is 12.5 Å². The lowest BCUT2D eigenvalue weighted by Crippen LogP contribution is -2.01. The lowest BCUT2D eigenvalue weighted by atomic mass is 10.2. The average Bonchev–Trinajstić information content (AvgIpc) is 3.13. The zero-order chi connectivity index (χ0) is 12.1. The maximum atomic E-state index is 13.1. The summed E-state index contributed by atoms with van der Waals surface area (Å²) in [6.07, 6.45) is 2.81. The van der Waals surface area contributed by atoms with Gasteiger partial charge in [0.25, 0.3) is 0 Å². The van der Waals surface area contributed by atoms with Crippen LogP contribution in [-0.2, 0) is 0 Å². The molecule has 0 bridgehead atoms. The number of aliphatic hydroxyl groups is 1. The molecular formula is C14H15FO2. The van der Waals surface area contributed by atoms with Crippen molar-refractivity contribution >= 4 is 0 Å². The minimum absolute atomic E-state index is 0.0342. The van der Waals surface area contributed by atoms with Crippen LogP contribution in [0.3, 0.4) is 0 Å². The summed E-state index contributed by atoms with van der Waals surface area (Å²) in [5.74, 6) is 6.50. The van der Waals surface area contributed by atoms with Crippen LogP contribution in [0, 0.1) is 23.6 Å². The van der Waals surface area contributed by atoms with E-state index in [1.54, 1.807) is 6.07 Å². The maximum absolute atomic E-state index is 13.1. The summed E-state index contributed by atoms with van der Waals surface area (Å²) >= 11 is 0. The van der Waals surface area contributed by atoms with E-state index in [1.807, 2.05) is 0 Å². The van der Waals surface area contributed by atoms with Gasteiger partial charge in [0.05, 0.1) is 18.8 Å².